The van der Waals surface area contributed by atoms with E-state index in [9.17, 15) is 0 Å². The fourth-order valence-electron chi connectivity index (χ4n) is 1.34. The van der Waals surface area contributed by atoms with E-state index in [1.54, 1.807) is 0 Å². The number of guanidine groups is 2. The number of hydrogen-bond donors (Lipinski definition) is 3. The zero-order valence-corrected chi connectivity index (χ0v) is 11.5. The van der Waals surface area contributed by atoms with Crippen molar-refractivity contribution < 1.29 is 0 Å². The van der Waals surface area contributed by atoms with E-state index in [1.165, 1.54) is 0 Å². The summed E-state index contributed by atoms with van der Waals surface area (Å²) in [5.41, 5.74) is 10.6. The zero-order valence-electron chi connectivity index (χ0n) is 11.5. The van der Waals surface area contributed by atoms with E-state index < -0.39 is 0 Å². The molecule has 0 aromatic rings. The molecule has 0 atom stereocenters. The van der Waals surface area contributed by atoms with Crippen molar-refractivity contribution in [1.82, 2.24) is 4.90 Å². The van der Waals surface area contributed by atoms with Crippen LogP contribution in [0.1, 0.15) is 40.5 Å². The van der Waals surface area contributed by atoms with Crippen LogP contribution in [0.3, 0.4) is 0 Å². The molecule has 5 nitrogen and oxygen atoms in total. The average Bonchev–Trinajstić information content (AvgIpc) is 2.15. The minimum Gasteiger partial charge on any atom is -0.370 e. The zero-order chi connectivity index (χ0) is 13.4. The summed E-state index contributed by atoms with van der Waals surface area (Å²) < 4.78 is 0. The molecular formula is C12H27N5. The van der Waals surface area contributed by atoms with Gasteiger partial charge in [-0.1, -0.05) is 27.7 Å². The fourth-order valence-corrected chi connectivity index (χ4v) is 1.34. The number of hydrogen-bond acceptors (Lipinski definition) is 1. The Bertz CT molecular complexity index is 242. The second-order valence-electron chi connectivity index (χ2n) is 5.21. The lowest BCUT2D eigenvalue weighted by Gasteiger charge is -2.24. The predicted octanol–water partition coefficient (Wildman–Crippen LogP) is 1.59. The Morgan fingerprint density at radius 1 is 1.06 bits per heavy atom. The maximum atomic E-state index is 7.84. The Labute approximate surface area is 105 Å². The van der Waals surface area contributed by atoms with E-state index in [2.05, 4.69) is 32.7 Å². The van der Waals surface area contributed by atoms with Crippen molar-refractivity contribution in [2.75, 3.05) is 13.1 Å². The molecule has 100 valence electrons. The summed E-state index contributed by atoms with van der Waals surface area (Å²) >= 11 is 0. The Balaban J connectivity index is 4.38. The van der Waals surface area contributed by atoms with Crippen LogP contribution in [0.4, 0.5) is 0 Å². The van der Waals surface area contributed by atoms with E-state index in [0.717, 1.165) is 25.9 Å². The molecule has 0 aliphatic carbocycles. The molecule has 0 heterocycles. The van der Waals surface area contributed by atoms with Crippen molar-refractivity contribution in [1.29, 1.82) is 5.41 Å². The molecule has 0 amide bonds. The molecule has 0 bridgehead atoms. The smallest absolute Gasteiger partial charge is 0.221 e. The van der Waals surface area contributed by atoms with Gasteiger partial charge >= 0.3 is 0 Å². The summed E-state index contributed by atoms with van der Waals surface area (Å²) in [5.74, 6) is 1.35. The molecule has 17 heavy (non-hydrogen) atoms. The van der Waals surface area contributed by atoms with Crippen LogP contribution >= 0.6 is 0 Å². The van der Waals surface area contributed by atoms with Crippen LogP contribution in [-0.4, -0.2) is 29.9 Å². The van der Waals surface area contributed by atoms with Gasteiger partial charge in [-0.25, -0.2) is 0 Å². The molecule has 0 aromatic carbocycles. The highest BCUT2D eigenvalue weighted by Crippen LogP contribution is 2.07. The highest BCUT2D eigenvalue weighted by molar-refractivity contribution is 5.91. The van der Waals surface area contributed by atoms with Gasteiger partial charge in [0, 0.05) is 13.1 Å². The van der Waals surface area contributed by atoms with Crippen LogP contribution in [0.2, 0.25) is 0 Å². The van der Waals surface area contributed by atoms with Crippen LogP contribution in [-0.2, 0) is 0 Å². The first kappa shape index (κ1) is 15.7. The minimum atomic E-state index is -0.0471. The summed E-state index contributed by atoms with van der Waals surface area (Å²) in [6, 6.07) is 0. The Kier molecular flexibility index (Phi) is 7.34. The minimum absolute atomic E-state index is 0.0471. The van der Waals surface area contributed by atoms with Crippen molar-refractivity contribution in [3.05, 3.63) is 0 Å². The third-order valence-corrected chi connectivity index (χ3v) is 2.49. The van der Waals surface area contributed by atoms with Gasteiger partial charge in [-0.2, -0.15) is 4.99 Å². The van der Waals surface area contributed by atoms with Gasteiger partial charge in [0.2, 0.25) is 5.96 Å². The van der Waals surface area contributed by atoms with Gasteiger partial charge in [-0.15, -0.1) is 0 Å². The molecule has 5 heteroatoms. The summed E-state index contributed by atoms with van der Waals surface area (Å²) in [6.07, 6.45) is 2.08. The van der Waals surface area contributed by atoms with E-state index in [-0.39, 0.29) is 11.9 Å². The van der Waals surface area contributed by atoms with E-state index in [0.29, 0.717) is 11.8 Å². The molecule has 0 saturated heterocycles. The molecular weight excluding hydrogens is 214 g/mol. The van der Waals surface area contributed by atoms with E-state index in [1.807, 2.05) is 4.90 Å². The lowest BCUT2D eigenvalue weighted by atomic mass is 10.1. The lowest BCUT2D eigenvalue weighted by molar-refractivity contribution is 0.349. The molecule has 0 aliphatic rings. The summed E-state index contributed by atoms with van der Waals surface area (Å²) in [4.78, 5) is 5.76. The van der Waals surface area contributed by atoms with Crippen LogP contribution < -0.4 is 11.5 Å². The normalized spacial score (nSPS) is 10.7. The second kappa shape index (κ2) is 7.92. The van der Waals surface area contributed by atoms with Gasteiger partial charge in [-0.3, -0.25) is 5.41 Å². The number of nitrogens with two attached hydrogens (primary N) is 2. The molecule has 0 radical (unpaired) electrons. The number of rotatable bonds is 6. The van der Waals surface area contributed by atoms with Gasteiger partial charge < -0.3 is 16.4 Å². The van der Waals surface area contributed by atoms with Crippen LogP contribution in [0.15, 0.2) is 4.99 Å². The topological polar surface area (TPSA) is 91.5 Å². The van der Waals surface area contributed by atoms with Gasteiger partial charge in [0.25, 0.3) is 0 Å². The molecule has 0 saturated carbocycles. The first-order valence-corrected chi connectivity index (χ1v) is 6.26. The molecule has 0 aromatic heterocycles. The third-order valence-electron chi connectivity index (χ3n) is 2.49. The number of nitrogens with zero attached hydrogens (tertiary/aromatic N) is 2. The quantitative estimate of drug-likeness (QED) is 0.487. The van der Waals surface area contributed by atoms with Crippen molar-refractivity contribution in [2.24, 2.45) is 28.3 Å². The van der Waals surface area contributed by atoms with Crippen molar-refractivity contribution >= 4 is 11.9 Å². The molecule has 0 rings (SSSR count). The van der Waals surface area contributed by atoms with Crippen LogP contribution in [0, 0.1) is 17.2 Å². The number of aliphatic imine (C=N–C) groups is 1. The maximum Gasteiger partial charge on any atom is 0.221 e. The summed E-state index contributed by atoms with van der Waals surface area (Å²) in [5, 5.41) is 7.84. The highest BCUT2D eigenvalue weighted by Gasteiger charge is 2.10. The third kappa shape index (κ3) is 8.54. The monoisotopic (exact) mass is 241 g/mol. The van der Waals surface area contributed by atoms with E-state index in [4.69, 9.17) is 16.9 Å². The van der Waals surface area contributed by atoms with Gasteiger partial charge in [0.15, 0.2) is 5.96 Å². The van der Waals surface area contributed by atoms with Gasteiger partial charge in [-0.05, 0) is 24.7 Å². The Morgan fingerprint density at radius 2 is 1.47 bits per heavy atom. The molecule has 0 aliphatic heterocycles. The SMILES string of the molecule is CC(C)CCN(CCC(C)C)C(=N)N=C(N)N. The standard InChI is InChI=1S/C12H27N5/c1-9(2)5-7-17(8-6-10(3)4)12(15)16-11(13)14/h9-10H,5-8H2,1-4H3,(H5,13,14,15,16). The predicted molar refractivity (Wildman–Crippen MR) is 74.0 cm³/mol. The lowest BCUT2D eigenvalue weighted by Crippen LogP contribution is -2.35. The highest BCUT2D eigenvalue weighted by atomic mass is 15.3. The average molecular weight is 241 g/mol. The van der Waals surface area contributed by atoms with E-state index >= 15 is 0 Å². The van der Waals surface area contributed by atoms with Crippen LogP contribution in [0.5, 0.6) is 0 Å². The molecule has 0 spiro atoms. The number of nitrogens with one attached hydrogen (secondary N) is 1. The Hall–Kier alpha value is -1.26. The summed E-state index contributed by atoms with van der Waals surface area (Å²) in [7, 11) is 0. The molecule has 0 unspecified atom stereocenters. The largest absolute Gasteiger partial charge is 0.370 e. The first-order chi connectivity index (χ1) is 7.82. The Morgan fingerprint density at radius 3 is 1.76 bits per heavy atom. The van der Waals surface area contributed by atoms with Gasteiger partial charge in [0.1, 0.15) is 0 Å². The second-order valence-corrected chi connectivity index (χ2v) is 5.21. The molecule has 0 fully saturated rings. The fraction of sp³-hybridized carbons (Fsp3) is 0.833. The van der Waals surface area contributed by atoms with Gasteiger partial charge in [0.05, 0.1) is 0 Å². The summed E-state index contributed by atoms with van der Waals surface area (Å²) in [6.45, 7) is 10.4. The maximum absolute atomic E-state index is 7.84. The first-order valence-electron chi connectivity index (χ1n) is 6.26. The molecule has 5 N–H and O–H groups in total. The van der Waals surface area contributed by atoms with Crippen LogP contribution in [0.25, 0.3) is 0 Å². The van der Waals surface area contributed by atoms with Crippen molar-refractivity contribution in [3.63, 3.8) is 0 Å². The van der Waals surface area contributed by atoms with Crippen molar-refractivity contribution in [3.8, 4) is 0 Å². The van der Waals surface area contributed by atoms with Crippen molar-refractivity contribution in [2.45, 2.75) is 40.5 Å².